The number of hydrogen-bond acceptors (Lipinski definition) is 3. The zero-order chi connectivity index (χ0) is 15.8. The Morgan fingerprint density at radius 1 is 1.32 bits per heavy atom. The summed E-state index contributed by atoms with van der Waals surface area (Å²) in [4.78, 5) is 6.89. The molecule has 5 heteroatoms. The predicted octanol–water partition coefficient (Wildman–Crippen LogP) is 2.78. The van der Waals surface area contributed by atoms with E-state index < -0.39 is 0 Å². The topological polar surface area (TPSA) is 39.7 Å². The van der Waals surface area contributed by atoms with Gasteiger partial charge in [-0.15, -0.1) is 0 Å². The normalized spacial score (nSPS) is 23.5. The summed E-state index contributed by atoms with van der Waals surface area (Å²) in [6.07, 6.45) is 2.55. The van der Waals surface area contributed by atoms with Crippen LogP contribution in [0.5, 0.6) is 0 Å². The van der Waals surface area contributed by atoms with Crippen molar-refractivity contribution in [1.82, 2.24) is 15.5 Å². The van der Waals surface area contributed by atoms with Gasteiger partial charge in [0.2, 0.25) is 0 Å². The molecule has 0 spiro atoms. The van der Waals surface area contributed by atoms with Crippen molar-refractivity contribution in [2.24, 2.45) is 16.8 Å². The Labute approximate surface area is 139 Å². The molecule has 1 aromatic heterocycles. The Bertz CT molecular complexity index is 434. The van der Waals surface area contributed by atoms with Crippen LogP contribution in [0, 0.1) is 11.8 Å². The van der Waals surface area contributed by atoms with E-state index in [0.717, 1.165) is 30.9 Å². The summed E-state index contributed by atoms with van der Waals surface area (Å²) >= 11 is 1.73. The van der Waals surface area contributed by atoms with E-state index in [-0.39, 0.29) is 0 Å². The van der Waals surface area contributed by atoms with Crippen molar-refractivity contribution in [3.8, 4) is 0 Å². The Morgan fingerprint density at radius 3 is 2.73 bits per heavy atom. The molecule has 1 saturated heterocycles. The molecule has 2 unspecified atom stereocenters. The Morgan fingerprint density at radius 2 is 2.09 bits per heavy atom. The molecule has 22 heavy (non-hydrogen) atoms. The molecule has 0 aromatic carbocycles. The minimum absolute atomic E-state index is 0.838. The van der Waals surface area contributed by atoms with Crippen LogP contribution >= 0.6 is 11.3 Å². The third-order valence-corrected chi connectivity index (χ3v) is 4.88. The zero-order valence-corrected chi connectivity index (χ0v) is 15.0. The maximum absolute atomic E-state index is 4.28. The smallest absolute Gasteiger partial charge is 0.191 e. The number of aliphatic imine (C=N–C) groups is 1. The molecule has 0 amide bonds. The number of rotatable bonds is 6. The van der Waals surface area contributed by atoms with E-state index in [1.165, 1.54) is 38.0 Å². The van der Waals surface area contributed by atoms with Crippen LogP contribution in [-0.2, 0) is 6.54 Å². The van der Waals surface area contributed by atoms with Crippen molar-refractivity contribution < 1.29 is 0 Å². The van der Waals surface area contributed by atoms with Crippen molar-refractivity contribution in [3.63, 3.8) is 0 Å². The number of nitrogens with zero attached hydrogens (tertiary/aromatic N) is 2. The van der Waals surface area contributed by atoms with Crippen LogP contribution in [-0.4, -0.2) is 44.1 Å². The Hall–Kier alpha value is -1.07. The van der Waals surface area contributed by atoms with Gasteiger partial charge in [0.15, 0.2) is 5.96 Å². The van der Waals surface area contributed by atoms with Gasteiger partial charge in [0.1, 0.15) is 0 Å². The molecule has 2 rings (SSSR count). The van der Waals surface area contributed by atoms with E-state index in [1.54, 1.807) is 11.3 Å². The number of guanidine groups is 1. The molecule has 1 aromatic rings. The average Bonchev–Trinajstić information content (AvgIpc) is 2.99. The molecule has 124 valence electrons. The molecule has 0 aliphatic carbocycles. The fourth-order valence-corrected chi connectivity index (χ4v) is 3.95. The minimum Gasteiger partial charge on any atom is -0.356 e. The van der Waals surface area contributed by atoms with Gasteiger partial charge in [-0.1, -0.05) is 13.8 Å². The lowest BCUT2D eigenvalue weighted by Crippen LogP contribution is -2.41. The number of thiophene rings is 1. The first kappa shape index (κ1) is 17.3. The number of piperidine rings is 1. The highest BCUT2D eigenvalue weighted by Crippen LogP contribution is 2.20. The lowest BCUT2D eigenvalue weighted by molar-refractivity contribution is 0.140. The van der Waals surface area contributed by atoms with Gasteiger partial charge in [-0.25, -0.2) is 0 Å². The summed E-state index contributed by atoms with van der Waals surface area (Å²) in [7, 11) is 1.83. The fraction of sp³-hybridized carbons (Fsp3) is 0.706. The van der Waals surface area contributed by atoms with E-state index >= 15 is 0 Å². The molecule has 2 heterocycles. The highest BCUT2D eigenvalue weighted by atomic mass is 32.1. The van der Waals surface area contributed by atoms with Crippen molar-refractivity contribution in [2.75, 3.05) is 33.2 Å². The molecule has 0 saturated carbocycles. The molecular formula is C17H30N4S. The third-order valence-electron chi connectivity index (χ3n) is 4.15. The van der Waals surface area contributed by atoms with Crippen LogP contribution in [0.3, 0.4) is 0 Å². The van der Waals surface area contributed by atoms with Crippen LogP contribution < -0.4 is 10.6 Å². The fourth-order valence-electron chi connectivity index (χ4n) is 3.28. The van der Waals surface area contributed by atoms with Gasteiger partial charge in [-0.05, 0) is 53.6 Å². The second kappa shape index (κ2) is 9.16. The maximum atomic E-state index is 4.28. The van der Waals surface area contributed by atoms with Crippen molar-refractivity contribution >= 4 is 17.3 Å². The van der Waals surface area contributed by atoms with Gasteiger partial charge in [0, 0.05) is 33.2 Å². The molecule has 0 bridgehead atoms. The summed E-state index contributed by atoms with van der Waals surface area (Å²) < 4.78 is 0. The first-order valence-corrected chi connectivity index (χ1v) is 9.29. The predicted molar refractivity (Wildman–Crippen MR) is 96.5 cm³/mol. The standard InChI is InChI=1S/C17H30N4S/c1-14-9-15(2)12-21(11-14)7-4-6-19-17(18-3)20-10-16-5-8-22-13-16/h5,8,13-15H,4,6-7,9-12H2,1-3H3,(H2,18,19,20). The van der Waals surface area contributed by atoms with Gasteiger partial charge in [0.25, 0.3) is 0 Å². The van der Waals surface area contributed by atoms with Gasteiger partial charge < -0.3 is 15.5 Å². The third kappa shape index (κ3) is 5.97. The molecule has 1 fully saturated rings. The number of nitrogens with one attached hydrogen (secondary N) is 2. The van der Waals surface area contributed by atoms with Gasteiger partial charge in [0.05, 0.1) is 0 Å². The summed E-state index contributed by atoms with van der Waals surface area (Å²) in [5.41, 5.74) is 1.31. The highest BCUT2D eigenvalue weighted by Gasteiger charge is 2.20. The number of likely N-dealkylation sites (tertiary alicyclic amines) is 1. The molecule has 2 atom stereocenters. The van der Waals surface area contributed by atoms with Crippen molar-refractivity contribution in [2.45, 2.75) is 33.2 Å². The van der Waals surface area contributed by atoms with Gasteiger partial charge >= 0.3 is 0 Å². The summed E-state index contributed by atoms with van der Waals surface area (Å²) in [5, 5.41) is 11.0. The molecular weight excluding hydrogens is 292 g/mol. The van der Waals surface area contributed by atoms with E-state index in [0.29, 0.717) is 0 Å². The van der Waals surface area contributed by atoms with E-state index in [1.807, 2.05) is 7.05 Å². The quantitative estimate of drug-likeness (QED) is 0.481. The maximum Gasteiger partial charge on any atom is 0.191 e. The van der Waals surface area contributed by atoms with Crippen LogP contribution in [0.1, 0.15) is 32.3 Å². The lowest BCUT2D eigenvalue weighted by Gasteiger charge is -2.35. The van der Waals surface area contributed by atoms with Crippen LogP contribution in [0.2, 0.25) is 0 Å². The van der Waals surface area contributed by atoms with E-state index in [4.69, 9.17) is 0 Å². The van der Waals surface area contributed by atoms with Crippen molar-refractivity contribution in [3.05, 3.63) is 22.4 Å². The molecule has 0 radical (unpaired) electrons. The highest BCUT2D eigenvalue weighted by molar-refractivity contribution is 7.07. The summed E-state index contributed by atoms with van der Waals surface area (Å²) in [6, 6.07) is 2.14. The second-order valence-corrected chi connectivity index (χ2v) is 7.32. The molecule has 4 nitrogen and oxygen atoms in total. The van der Waals surface area contributed by atoms with Crippen molar-refractivity contribution in [1.29, 1.82) is 0 Å². The van der Waals surface area contributed by atoms with Gasteiger partial charge in [-0.3, -0.25) is 4.99 Å². The summed E-state index contributed by atoms with van der Waals surface area (Å²) in [6.45, 7) is 10.3. The van der Waals surface area contributed by atoms with E-state index in [2.05, 4.69) is 51.2 Å². The monoisotopic (exact) mass is 322 g/mol. The van der Waals surface area contributed by atoms with Crippen LogP contribution in [0.15, 0.2) is 21.8 Å². The van der Waals surface area contributed by atoms with Gasteiger partial charge in [-0.2, -0.15) is 11.3 Å². The molecule has 2 N–H and O–H groups in total. The average molecular weight is 323 g/mol. The number of hydrogen-bond donors (Lipinski definition) is 2. The largest absolute Gasteiger partial charge is 0.356 e. The van der Waals surface area contributed by atoms with Crippen LogP contribution in [0.25, 0.3) is 0 Å². The Balaban J connectivity index is 1.60. The molecule has 1 aliphatic rings. The first-order valence-electron chi connectivity index (χ1n) is 8.35. The summed E-state index contributed by atoms with van der Waals surface area (Å²) in [5.74, 6) is 2.58. The SMILES string of the molecule is CN=C(NCCCN1CC(C)CC(C)C1)NCc1ccsc1. The minimum atomic E-state index is 0.838. The second-order valence-electron chi connectivity index (χ2n) is 6.54. The Kier molecular flexibility index (Phi) is 7.19. The first-order chi connectivity index (χ1) is 10.7. The molecule has 1 aliphatic heterocycles. The van der Waals surface area contributed by atoms with Crippen LogP contribution in [0.4, 0.5) is 0 Å². The zero-order valence-electron chi connectivity index (χ0n) is 14.1. The lowest BCUT2D eigenvalue weighted by atomic mass is 9.92. The van der Waals surface area contributed by atoms with E-state index in [9.17, 15) is 0 Å².